The van der Waals surface area contributed by atoms with Crippen LogP contribution in [0.3, 0.4) is 0 Å². The summed E-state index contributed by atoms with van der Waals surface area (Å²) >= 11 is 0. The van der Waals surface area contributed by atoms with Crippen molar-refractivity contribution in [1.82, 2.24) is 9.97 Å². The maximum Gasteiger partial charge on any atom is 0.141 e. The van der Waals surface area contributed by atoms with Gasteiger partial charge in [-0.3, -0.25) is 0 Å². The Morgan fingerprint density at radius 1 is 1.33 bits per heavy atom. The Labute approximate surface area is 87.8 Å². The Morgan fingerprint density at radius 3 is 2.87 bits per heavy atom. The largest absolute Gasteiger partial charge is 0.506 e. The molecule has 0 amide bonds. The summed E-state index contributed by atoms with van der Waals surface area (Å²) in [6, 6.07) is 5.31. The summed E-state index contributed by atoms with van der Waals surface area (Å²) in [5.41, 5.74) is 6.93. The maximum atomic E-state index is 9.67. The number of nitrogens with zero attached hydrogens (tertiary/aromatic N) is 2. The number of fused-ring (bicyclic) bond motifs is 1. The first-order valence-corrected chi connectivity index (χ1v) is 4.87. The molecule has 4 nitrogen and oxygen atoms in total. The molecule has 0 spiro atoms. The van der Waals surface area contributed by atoms with E-state index in [1.807, 2.05) is 13.0 Å². The molecule has 1 aromatic carbocycles. The molecule has 78 valence electrons. The van der Waals surface area contributed by atoms with E-state index in [0.29, 0.717) is 24.3 Å². The number of nitrogens with two attached hydrogens (primary N) is 1. The summed E-state index contributed by atoms with van der Waals surface area (Å²) in [5.74, 6) is 0.875. The third kappa shape index (κ3) is 1.76. The van der Waals surface area contributed by atoms with Gasteiger partial charge in [-0.2, -0.15) is 0 Å². The summed E-state index contributed by atoms with van der Waals surface area (Å²) in [5, 5.41) is 10.6. The van der Waals surface area contributed by atoms with Crippen LogP contribution in [0, 0.1) is 6.92 Å². The van der Waals surface area contributed by atoms with Crippen LogP contribution < -0.4 is 5.73 Å². The second kappa shape index (κ2) is 3.82. The number of aryl methyl sites for hydroxylation is 1. The van der Waals surface area contributed by atoms with Gasteiger partial charge >= 0.3 is 0 Å². The molecule has 0 aliphatic carbocycles. The minimum absolute atomic E-state index is 0.191. The van der Waals surface area contributed by atoms with Crippen LogP contribution in [0.5, 0.6) is 5.75 Å². The molecule has 0 fully saturated rings. The molecule has 1 heterocycles. The normalized spacial score (nSPS) is 10.8. The van der Waals surface area contributed by atoms with Crippen LogP contribution in [0.15, 0.2) is 18.2 Å². The average Bonchev–Trinajstić information content (AvgIpc) is 2.20. The molecule has 0 aliphatic rings. The zero-order valence-corrected chi connectivity index (χ0v) is 8.57. The van der Waals surface area contributed by atoms with Crippen LogP contribution in [0.2, 0.25) is 0 Å². The number of aromatic nitrogens is 2. The van der Waals surface area contributed by atoms with Crippen LogP contribution >= 0.6 is 0 Å². The maximum absolute atomic E-state index is 9.67. The Morgan fingerprint density at radius 2 is 2.13 bits per heavy atom. The highest BCUT2D eigenvalue weighted by Crippen LogP contribution is 2.23. The predicted molar refractivity (Wildman–Crippen MR) is 58.7 cm³/mol. The van der Waals surface area contributed by atoms with Gasteiger partial charge in [0.1, 0.15) is 17.1 Å². The summed E-state index contributed by atoms with van der Waals surface area (Å²) in [4.78, 5) is 8.61. The van der Waals surface area contributed by atoms with Gasteiger partial charge in [-0.15, -0.1) is 0 Å². The summed E-state index contributed by atoms with van der Waals surface area (Å²) < 4.78 is 0. The first-order valence-electron chi connectivity index (χ1n) is 4.87. The fourth-order valence-electron chi connectivity index (χ4n) is 1.59. The lowest BCUT2D eigenvalue weighted by molar-refractivity contribution is 0.480. The van der Waals surface area contributed by atoms with Crippen LogP contribution in [0.4, 0.5) is 0 Å². The van der Waals surface area contributed by atoms with E-state index in [1.165, 1.54) is 0 Å². The molecule has 0 saturated heterocycles. The fraction of sp³-hybridized carbons (Fsp3) is 0.273. The molecule has 0 aliphatic heterocycles. The molecule has 2 aromatic rings. The molecular formula is C11H13N3O. The molecule has 0 bridgehead atoms. The van der Waals surface area contributed by atoms with Crippen LogP contribution in [0.1, 0.15) is 11.5 Å². The van der Waals surface area contributed by atoms with E-state index in [-0.39, 0.29) is 5.75 Å². The Hall–Kier alpha value is -1.68. The van der Waals surface area contributed by atoms with Gasteiger partial charge in [0.2, 0.25) is 0 Å². The Balaban J connectivity index is 2.68. The molecule has 4 heteroatoms. The standard InChI is InChI=1S/C11H13N3O/c1-7-8-3-2-4-9(15)11(8)14-10(13-7)5-6-12/h2-4,15H,5-6,12H2,1H3. The molecule has 0 radical (unpaired) electrons. The van der Waals surface area contributed by atoms with E-state index in [1.54, 1.807) is 12.1 Å². The number of aromatic hydroxyl groups is 1. The van der Waals surface area contributed by atoms with Crippen LogP contribution in [0.25, 0.3) is 10.9 Å². The third-order valence-electron chi connectivity index (χ3n) is 2.31. The highest BCUT2D eigenvalue weighted by molar-refractivity contribution is 5.85. The quantitative estimate of drug-likeness (QED) is 0.767. The molecule has 15 heavy (non-hydrogen) atoms. The van der Waals surface area contributed by atoms with E-state index in [0.717, 1.165) is 11.1 Å². The van der Waals surface area contributed by atoms with Gasteiger partial charge in [0.15, 0.2) is 0 Å². The first-order chi connectivity index (χ1) is 7.22. The molecular weight excluding hydrogens is 190 g/mol. The number of benzene rings is 1. The van der Waals surface area contributed by atoms with Crippen molar-refractivity contribution in [3.8, 4) is 5.75 Å². The topological polar surface area (TPSA) is 72.0 Å². The number of rotatable bonds is 2. The summed E-state index contributed by atoms with van der Waals surface area (Å²) in [7, 11) is 0. The third-order valence-corrected chi connectivity index (χ3v) is 2.31. The van der Waals surface area contributed by atoms with Crippen molar-refractivity contribution < 1.29 is 5.11 Å². The monoisotopic (exact) mass is 203 g/mol. The lowest BCUT2D eigenvalue weighted by Crippen LogP contribution is -2.07. The molecule has 0 saturated carbocycles. The minimum atomic E-state index is 0.191. The van der Waals surface area contributed by atoms with Gasteiger partial charge in [0, 0.05) is 17.5 Å². The van der Waals surface area contributed by atoms with Gasteiger partial charge in [-0.25, -0.2) is 9.97 Å². The van der Waals surface area contributed by atoms with E-state index in [9.17, 15) is 5.11 Å². The second-order valence-corrected chi connectivity index (χ2v) is 3.44. The Kier molecular flexibility index (Phi) is 2.51. The van der Waals surface area contributed by atoms with Crippen LogP contribution in [-0.4, -0.2) is 21.6 Å². The molecule has 0 unspecified atom stereocenters. The number of phenols is 1. The van der Waals surface area contributed by atoms with Gasteiger partial charge in [-0.1, -0.05) is 12.1 Å². The number of phenolic OH excluding ortho intramolecular Hbond substituents is 1. The summed E-state index contributed by atoms with van der Waals surface area (Å²) in [6.45, 7) is 2.42. The molecule has 2 rings (SSSR count). The van der Waals surface area contributed by atoms with Crippen molar-refractivity contribution in [3.63, 3.8) is 0 Å². The van der Waals surface area contributed by atoms with Crippen molar-refractivity contribution in [2.75, 3.05) is 6.54 Å². The number of hydrogen-bond acceptors (Lipinski definition) is 4. The molecule has 3 N–H and O–H groups in total. The second-order valence-electron chi connectivity index (χ2n) is 3.44. The molecule has 1 aromatic heterocycles. The van der Waals surface area contributed by atoms with Gasteiger partial charge in [0.05, 0.1) is 0 Å². The number of para-hydroxylation sites is 1. The van der Waals surface area contributed by atoms with Gasteiger partial charge in [-0.05, 0) is 19.5 Å². The van der Waals surface area contributed by atoms with Gasteiger partial charge < -0.3 is 10.8 Å². The minimum Gasteiger partial charge on any atom is -0.506 e. The zero-order chi connectivity index (χ0) is 10.8. The SMILES string of the molecule is Cc1nc(CCN)nc2c(O)cccc12. The van der Waals surface area contributed by atoms with Crippen molar-refractivity contribution in [2.45, 2.75) is 13.3 Å². The smallest absolute Gasteiger partial charge is 0.141 e. The van der Waals surface area contributed by atoms with Crippen molar-refractivity contribution >= 4 is 10.9 Å². The highest BCUT2D eigenvalue weighted by atomic mass is 16.3. The van der Waals surface area contributed by atoms with Gasteiger partial charge in [0.25, 0.3) is 0 Å². The van der Waals surface area contributed by atoms with E-state index >= 15 is 0 Å². The molecule has 0 atom stereocenters. The van der Waals surface area contributed by atoms with Crippen molar-refractivity contribution in [3.05, 3.63) is 29.7 Å². The van der Waals surface area contributed by atoms with Crippen molar-refractivity contribution in [2.24, 2.45) is 5.73 Å². The summed E-state index contributed by atoms with van der Waals surface area (Å²) in [6.07, 6.45) is 0.630. The van der Waals surface area contributed by atoms with E-state index in [4.69, 9.17) is 5.73 Å². The number of hydrogen-bond donors (Lipinski definition) is 2. The lowest BCUT2D eigenvalue weighted by Gasteiger charge is -2.05. The van der Waals surface area contributed by atoms with Crippen molar-refractivity contribution in [1.29, 1.82) is 0 Å². The zero-order valence-electron chi connectivity index (χ0n) is 8.57. The lowest BCUT2D eigenvalue weighted by atomic mass is 10.2. The van der Waals surface area contributed by atoms with Crippen LogP contribution in [-0.2, 0) is 6.42 Å². The van der Waals surface area contributed by atoms with E-state index < -0.39 is 0 Å². The fourth-order valence-corrected chi connectivity index (χ4v) is 1.59. The Bertz CT molecular complexity index is 496. The highest BCUT2D eigenvalue weighted by Gasteiger charge is 2.06. The first kappa shape index (κ1) is 9.86. The average molecular weight is 203 g/mol. The van der Waals surface area contributed by atoms with E-state index in [2.05, 4.69) is 9.97 Å². The predicted octanol–water partition coefficient (Wildman–Crippen LogP) is 1.15.